The lowest BCUT2D eigenvalue weighted by molar-refractivity contribution is -0.129. The second kappa shape index (κ2) is 9.13. The molecule has 0 spiro atoms. The molecule has 0 radical (unpaired) electrons. The number of carbonyl (C=O) groups excluding carboxylic acids is 1. The number of halogens is 1. The molecule has 4 rings (SSSR count). The van der Waals surface area contributed by atoms with E-state index in [2.05, 4.69) is 55.0 Å². The highest BCUT2D eigenvalue weighted by Gasteiger charge is 2.32. The highest BCUT2D eigenvalue weighted by molar-refractivity contribution is 9.10. The Morgan fingerprint density at radius 2 is 1.90 bits per heavy atom. The van der Waals surface area contributed by atoms with Crippen LogP contribution in [0, 0.1) is 6.92 Å². The summed E-state index contributed by atoms with van der Waals surface area (Å²) in [4.78, 5) is 15.0. The van der Waals surface area contributed by atoms with Crippen LogP contribution in [0.2, 0.25) is 0 Å². The van der Waals surface area contributed by atoms with Crippen LogP contribution in [-0.2, 0) is 17.9 Å². The van der Waals surface area contributed by atoms with Crippen molar-refractivity contribution in [2.24, 2.45) is 0 Å². The van der Waals surface area contributed by atoms with Gasteiger partial charge in [-0.15, -0.1) is 10.2 Å². The van der Waals surface area contributed by atoms with Crippen LogP contribution >= 0.6 is 27.7 Å². The quantitative estimate of drug-likeness (QED) is 0.448. The van der Waals surface area contributed by atoms with E-state index in [0.717, 1.165) is 33.9 Å². The molecule has 0 saturated heterocycles. The van der Waals surface area contributed by atoms with Gasteiger partial charge in [0.1, 0.15) is 5.82 Å². The predicted molar refractivity (Wildman–Crippen MR) is 119 cm³/mol. The van der Waals surface area contributed by atoms with Gasteiger partial charge in [0.2, 0.25) is 5.91 Å². The average molecular weight is 471 g/mol. The molecule has 1 heterocycles. The molecule has 1 aliphatic rings. The molecule has 0 atom stereocenters. The summed E-state index contributed by atoms with van der Waals surface area (Å²) in [7, 11) is 0. The minimum Gasteiger partial charge on any atom is -0.335 e. The van der Waals surface area contributed by atoms with Crippen molar-refractivity contribution in [2.75, 3.05) is 5.75 Å². The van der Waals surface area contributed by atoms with Crippen LogP contribution in [0.4, 0.5) is 0 Å². The summed E-state index contributed by atoms with van der Waals surface area (Å²) in [6.07, 6.45) is 2.18. The minimum atomic E-state index is 0.157. The fraction of sp³-hybridized carbons (Fsp3) is 0.318. The topological polar surface area (TPSA) is 51.0 Å². The monoisotopic (exact) mass is 470 g/mol. The van der Waals surface area contributed by atoms with Gasteiger partial charge in [0.25, 0.3) is 0 Å². The number of aromatic nitrogens is 3. The first-order chi connectivity index (χ1) is 14.1. The molecule has 1 saturated carbocycles. The van der Waals surface area contributed by atoms with E-state index in [-0.39, 0.29) is 5.91 Å². The van der Waals surface area contributed by atoms with Crippen LogP contribution in [0.15, 0.2) is 64.2 Å². The maximum Gasteiger partial charge on any atom is 0.233 e. The van der Waals surface area contributed by atoms with E-state index in [1.54, 1.807) is 0 Å². The Morgan fingerprint density at radius 3 is 2.62 bits per heavy atom. The second-order valence-corrected chi connectivity index (χ2v) is 9.13. The molecule has 7 heteroatoms. The summed E-state index contributed by atoms with van der Waals surface area (Å²) in [6.45, 7) is 3.31. The number of aryl methyl sites for hydroxylation is 1. The number of hydrogen-bond acceptors (Lipinski definition) is 4. The van der Waals surface area contributed by atoms with Crippen molar-refractivity contribution in [1.29, 1.82) is 0 Å². The van der Waals surface area contributed by atoms with Crippen molar-refractivity contribution >= 4 is 33.6 Å². The van der Waals surface area contributed by atoms with Crippen molar-refractivity contribution in [3.8, 4) is 0 Å². The number of amides is 1. The molecule has 1 aromatic heterocycles. The first-order valence-corrected chi connectivity index (χ1v) is 11.5. The molecule has 0 bridgehead atoms. The molecular weight excluding hydrogens is 448 g/mol. The average Bonchev–Trinajstić information content (AvgIpc) is 3.51. The zero-order chi connectivity index (χ0) is 20.2. The molecule has 29 heavy (non-hydrogen) atoms. The van der Waals surface area contributed by atoms with Gasteiger partial charge in [-0.25, -0.2) is 0 Å². The lowest BCUT2D eigenvalue weighted by Gasteiger charge is -2.22. The summed E-state index contributed by atoms with van der Waals surface area (Å²) in [5.74, 6) is 1.39. The fourth-order valence-electron chi connectivity index (χ4n) is 3.26. The summed E-state index contributed by atoms with van der Waals surface area (Å²) in [6, 6.07) is 18.8. The zero-order valence-electron chi connectivity index (χ0n) is 16.3. The van der Waals surface area contributed by atoms with E-state index < -0.39 is 0 Å². The van der Waals surface area contributed by atoms with Crippen LogP contribution in [0.3, 0.4) is 0 Å². The van der Waals surface area contributed by atoms with Crippen molar-refractivity contribution in [1.82, 2.24) is 19.7 Å². The molecule has 0 unspecified atom stereocenters. The van der Waals surface area contributed by atoms with E-state index in [0.29, 0.717) is 24.9 Å². The molecule has 5 nitrogen and oxygen atoms in total. The predicted octanol–water partition coefficient (Wildman–Crippen LogP) is 4.68. The van der Waals surface area contributed by atoms with Crippen LogP contribution in [0.25, 0.3) is 0 Å². The third-order valence-corrected chi connectivity index (χ3v) is 6.40. The Morgan fingerprint density at radius 1 is 1.14 bits per heavy atom. The van der Waals surface area contributed by atoms with Crippen molar-refractivity contribution in [2.45, 2.75) is 44.1 Å². The third-order valence-electron chi connectivity index (χ3n) is 4.96. The Hall–Kier alpha value is -2.12. The number of nitrogens with zero attached hydrogens (tertiary/aromatic N) is 4. The SMILES string of the molecule is Cc1nnc(SCC(=O)N(Cc2cccc(Br)c2)C2CC2)n1Cc1ccccc1. The third kappa shape index (κ3) is 5.28. The molecule has 3 aromatic rings. The first-order valence-electron chi connectivity index (χ1n) is 9.70. The molecule has 1 fully saturated rings. The lowest BCUT2D eigenvalue weighted by Crippen LogP contribution is -2.34. The van der Waals surface area contributed by atoms with Crippen molar-refractivity contribution in [3.05, 3.63) is 76.0 Å². The van der Waals surface area contributed by atoms with E-state index in [1.165, 1.54) is 17.3 Å². The second-order valence-electron chi connectivity index (χ2n) is 7.27. The summed E-state index contributed by atoms with van der Waals surface area (Å²) in [5, 5.41) is 9.31. The van der Waals surface area contributed by atoms with E-state index >= 15 is 0 Å². The molecule has 1 aliphatic carbocycles. The number of thioether (sulfide) groups is 1. The first kappa shape index (κ1) is 20.2. The van der Waals surface area contributed by atoms with Gasteiger partial charge in [0.15, 0.2) is 5.16 Å². The summed E-state index contributed by atoms with van der Waals surface area (Å²) < 4.78 is 3.11. The fourth-order valence-corrected chi connectivity index (χ4v) is 4.58. The zero-order valence-corrected chi connectivity index (χ0v) is 18.7. The normalized spacial score (nSPS) is 13.4. The van der Waals surface area contributed by atoms with Crippen LogP contribution in [0.5, 0.6) is 0 Å². The van der Waals surface area contributed by atoms with Gasteiger partial charge in [-0.2, -0.15) is 0 Å². The van der Waals surface area contributed by atoms with Crippen LogP contribution < -0.4 is 0 Å². The van der Waals surface area contributed by atoms with Crippen LogP contribution in [0.1, 0.15) is 29.8 Å². The summed E-state index contributed by atoms with van der Waals surface area (Å²) in [5.41, 5.74) is 2.34. The number of benzene rings is 2. The van der Waals surface area contributed by atoms with E-state index in [9.17, 15) is 4.79 Å². The Labute approximate surface area is 183 Å². The molecule has 2 aromatic carbocycles. The molecule has 0 N–H and O–H groups in total. The Kier molecular flexibility index (Phi) is 6.35. The van der Waals surface area contributed by atoms with Crippen LogP contribution in [-0.4, -0.2) is 37.4 Å². The number of carbonyl (C=O) groups is 1. The molecule has 150 valence electrons. The number of rotatable bonds is 8. The maximum atomic E-state index is 13.0. The standard InChI is InChI=1S/C22H23BrN4OS/c1-16-24-25-22(26(16)13-17-6-3-2-4-7-17)29-15-21(28)27(20-10-11-20)14-18-8-5-9-19(23)12-18/h2-9,12,20H,10-11,13-15H2,1H3. The van der Waals surface area contributed by atoms with Crippen molar-refractivity contribution < 1.29 is 4.79 Å². The highest BCUT2D eigenvalue weighted by atomic mass is 79.9. The largest absolute Gasteiger partial charge is 0.335 e. The molecular formula is C22H23BrN4OS. The lowest BCUT2D eigenvalue weighted by atomic mass is 10.2. The van der Waals surface area contributed by atoms with E-state index in [4.69, 9.17) is 0 Å². The van der Waals surface area contributed by atoms with Gasteiger partial charge in [-0.1, -0.05) is 70.2 Å². The number of hydrogen-bond donors (Lipinski definition) is 0. The van der Waals surface area contributed by atoms with Gasteiger partial charge >= 0.3 is 0 Å². The van der Waals surface area contributed by atoms with E-state index in [1.807, 2.05) is 42.2 Å². The van der Waals surface area contributed by atoms with Gasteiger partial charge in [-0.3, -0.25) is 4.79 Å². The van der Waals surface area contributed by atoms with Gasteiger partial charge in [0.05, 0.1) is 12.3 Å². The van der Waals surface area contributed by atoms with Gasteiger partial charge in [0, 0.05) is 17.1 Å². The van der Waals surface area contributed by atoms with Crippen molar-refractivity contribution in [3.63, 3.8) is 0 Å². The summed E-state index contributed by atoms with van der Waals surface area (Å²) >= 11 is 4.99. The molecule has 0 aliphatic heterocycles. The van der Waals surface area contributed by atoms with Gasteiger partial charge in [-0.05, 0) is 43.0 Å². The maximum absolute atomic E-state index is 13.0. The minimum absolute atomic E-state index is 0.157. The Balaban J connectivity index is 1.42. The molecule has 1 amide bonds. The smallest absolute Gasteiger partial charge is 0.233 e. The Bertz CT molecular complexity index is 987. The highest BCUT2D eigenvalue weighted by Crippen LogP contribution is 2.30. The van der Waals surface area contributed by atoms with Gasteiger partial charge < -0.3 is 9.47 Å².